The summed E-state index contributed by atoms with van der Waals surface area (Å²) in [6.07, 6.45) is 2.68. The number of piperazine rings is 1. The first-order valence-electron chi connectivity index (χ1n) is 6.48. The summed E-state index contributed by atoms with van der Waals surface area (Å²) in [4.78, 5) is 6.68. The molecule has 1 saturated heterocycles. The van der Waals surface area contributed by atoms with Crippen molar-refractivity contribution < 1.29 is 0 Å². The van der Waals surface area contributed by atoms with E-state index < -0.39 is 0 Å². The number of aromatic nitrogens is 1. The number of nitrogen functional groups attached to an aromatic ring is 1. The summed E-state index contributed by atoms with van der Waals surface area (Å²) >= 11 is 0. The van der Waals surface area contributed by atoms with Gasteiger partial charge >= 0.3 is 0 Å². The number of nitrogens with zero attached hydrogens (tertiary/aromatic N) is 2. The second-order valence-electron chi connectivity index (χ2n) is 4.94. The molecule has 0 radical (unpaired) electrons. The molecule has 1 fully saturated rings. The monoisotopic (exact) mass is 246 g/mol. The minimum atomic E-state index is 0.304. The van der Waals surface area contributed by atoms with Crippen LogP contribution < -0.4 is 11.1 Å². The van der Waals surface area contributed by atoms with Gasteiger partial charge in [-0.3, -0.25) is 4.90 Å². The lowest BCUT2D eigenvalue weighted by Crippen LogP contribution is -2.45. The second kappa shape index (κ2) is 5.98. The molecule has 2 heterocycles. The largest absolute Gasteiger partial charge is 0.383 e. The molecule has 18 heavy (non-hydrogen) atoms. The molecule has 0 unspecified atom stereocenters. The van der Waals surface area contributed by atoms with Crippen LogP contribution in [-0.4, -0.2) is 36.1 Å². The Morgan fingerprint density at radius 1 is 1.56 bits per heavy atom. The fourth-order valence-corrected chi connectivity index (χ4v) is 2.47. The van der Waals surface area contributed by atoms with Crippen molar-refractivity contribution in [3.63, 3.8) is 0 Å². The van der Waals surface area contributed by atoms with Gasteiger partial charge in [-0.2, -0.15) is 0 Å². The first-order chi connectivity index (χ1) is 8.68. The molecule has 2 rings (SSSR count). The molecule has 1 aliphatic rings. The standard InChI is InChI=1S/C14H22N4/c1-11(2)10-13(18-8-6-16-7-9-18)12-4-3-5-17-14(12)15/h3-5,13,16H,1,6-10H2,2H3,(H2,15,17)/t13-/m1/s1. The summed E-state index contributed by atoms with van der Waals surface area (Å²) in [5.41, 5.74) is 8.33. The maximum Gasteiger partial charge on any atom is 0.128 e. The summed E-state index contributed by atoms with van der Waals surface area (Å²) in [5.74, 6) is 0.641. The Labute approximate surface area is 109 Å². The molecule has 0 saturated carbocycles. The van der Waals surface area contributed by atoms with Crippen LogP contribution in [0.4, 0.5) is 5.82 Å². The number of nitrogens with two attached hydrogens (primary N) is 1. The number of hydrogen-bond acceptors (Lipinski definition) is 4. The highest BCUT2D eigenvalue weighted by Crippen LogP contribution is 2.30. The molecule has 1 atom stereocenters. The molecule has 1 aliphatic heterocycles. The van der Waals surface area contributed by atoms with Gasteiger partial charge in [0, 0.05) is 44.0 Å². The SMILES string of the molecule is C=C(C)C[C@H](c1cccnc1N)N1CCNCC1. The van der Waals surface area contributed by atoms with Crippen molar-refractivity contribution >= 4 is 5.82 Å². The average Bonchev–Trinajstić information content (AvgIpc) is 2.38. The zero-order chi connectivity index (χ0) is 13.0. The van der Waals surface area contributed by atoms with Crippen LogP contribution in [0.1, 0.15) is 24.9 Å². The Bertz CT molecular complexity index is 410. The van der Waals surface area contributed by atoms with E-state index in [1.54, 1.807) is 6.20 Å². The molecule has 4 heteroatoms. The van der Waals surface area contributed by atoms with E-state index in [0.717, 1.165) is 38.2 Å². The Kier molecular flexibility index (Phi) is 4.33. The molecule has 3 N–H and O–H groups in total. The predicted molar refractivity (Wildman–Crippen MR) is 75.3 cm³/mol. The van der Waals surface area contributed by atoms with Crippen LogP contribution in [0.15, 0.2) is 30.5 Å². The fourth-order valence-electron chi connectivity index (χ4n) is 2.47. The normalized spacial score (nSPS) is 18.5. The summed E-state index contributed by atoms with van der Waals surface area (Å²) in [5, 5.41) is 3.38. The van der Waals surface area contributed by atoms with Crippen molar-refractivity contribution in [1.29, 1.82) is 0 Å². The first-order valence-corrected chi connectivity index (χ1v) is 6.48. The maximum absolute atomic E-state index is 6.02. The van der Waals surface area contributed by atoms with E-state index in [0.29, 0.717) is 11.9 Å². The predicted octanol–water partition coefficient (Wildman–Crippen LogP) is 1.58. The third kappa shape index (κ3) is 3.09. The lowest BCUT2D eigenvalue weighted by molar-refractivity contribution is 0.172. The molecule has 0 aliphatic carbocycles. The molecule has 1 aromatic rings. The molecule has 0 bridgehead atoms. The average molecular weight is 246 g/mol. The van der Waals surface area contributed by atoms with E-state index in [9.17, 15) is 0 Å². The number of hydrogen-bond donors (Lipinski definition) is 2. The molecule has 0 amide bonds. The Balaban J connectivity index is 2.24. The van der Waals surface area contributed by atoms with E-state index in [2.05, 4.69) is 34.8 Å². The van der Waals surface area contributed by atoms with Crippen LogP contribution in [0, 0.1) is 0 Å². The third-order valence-corrected chi connectivity index (χ3v) is 3.36. The van der Waals surface area contributed by atoms with Crippen molar-refractivity contribution in [2.45, 2.75) is 19.4 Å². The van der Waals surface area contributed by atoms with Gasteiger partial charge in [-0.1, -0.05) is 11.6 Å². The van der Waals surface area contributed by atoms with E-state index >= 15 is 0 Å². The van der Waals surface area contributed by atoms with Crippen molar-refractivity contribution in [3.8, 4) is 0 Å². The molecule has 98 valence electrons. The van der Waals surface area contributed by atoms with Crippen LogP contribution in [0.5, 0.6) is 0 Å². The van der Waals surface area contributed by atoms with Crippen molar-refractivity contribution in [1.82, 2.24) is 15.2 Å². The van der Waals surface area contributed by atoms with E-state index in [1.807, 2.05) is 6.07 Å². The zero-order valence-electron chi connectivity index (χ0n) is 11.0. The van der Waals surface area contributed by atoms with Gasteiger partial charge in [0.15, 0.2) is 0 Å². The van der Waals surface area contributed by atoms with Crippen LogP contribution in [0.3, 0.4) is 0 Å². The highest BCUT2D eigenvalue weighted by Gasteiger charge is 2.23. The van der Waals surface area contributed by atoms with Crippen molar-refractivity contribution in [2.75, 3.05) is 31.9 Å². The lowest BCUT2D eigenvalue weighted by Gasteiger charge is -2.35. The fraction of sp³-hybridized carbons (Fsp3) is 0.500. The molecule has 0 aromatic carbocycles. The van der Waals surface area contributed by atoms with Gasteiger partial charge in [-0.15, -0.1) is 6.58 Å². The van der Waals surface area contributed by atoms with Gasteiger partial charge in [0.25, 0.3) is 0 Å². The molecular formula is C14H22N4. The number of anilines is 1. The van der Waals surface area contributed by atoms with Crippen molar-refractivity contribution in [3.05, 3.63) is 36.0 Å². The minimum Gasteiger partial charge on any atom is -0.383 e. The van der Waals surface area contributed by atoms with Crippen LogP contribution in [-0.2, 0) is 0 Å². The van der Waals surface area contributed by atoms with Crippen LogP contribution in [0.25, 0.3) is 0 Å². The van der Waals surface area contributed by atoms with E-state index in [-0.39, 0.29) is 0 Å². The smallest absolute Gasteiger partial charge is 0.128 e. The number of rotatable bonds is 4. The Morgan fingerprint density at radius 2 is 2.28 bits per heavy atom. The molecule has 0 spiro atoms. The van der Waals surface area contributed by atoms with Crippen molar-refractivity contribution in [2.24, 2.45) is 0 Å². The quantitative estimate of drug-likeness (QED) is 0.792. The second-order valence-corrected chi connectivity index (χ2v) is 4.94. The van der Waals surface area contributed by atoms with E-state index in [1.165, 1.54) is 5.57 Å². The van der Waals surface area contributed by atoms with Gasteiger partial charge in [0.2, 0.25) is 0 Å². The molecule has 4 nitrogen and oxygen atoms in total. The summed E-state index contributed by atoms with van der Waals surface area (Å²) < 4.78 is 0. The van der Waals surface area contributed by atoms with Gasteiger partial charge in [0.1, 0.15) is 5.82 Å². The highest BCUT2D eigenvalue weighted by molar-refractivity contribution is 5.41. The minimum absolute atomic E-state index is 0.304. The summed E-state index contributed by atoms with van der Waals surface area (Å²) in [7, 11) is 0. The highest BCUT2D eigenvalue weighted by atomic mass is 15.2. The zero-order valence-corrected chi connectivity index (χ0v) is 11.0. The molecule has 1 aromatic heterocycles. The number of nitrogens with one attached hydrogen (secondary N) is 1. The van der Waals surface area contributed by atoms with Crippen LogP contribution in [0.2, 0.25) is 0 Å². The summed E-state index contributed by atoms with van der Waals surface area (Å²) in [6, 6.07) is 4.34. The Hall–Kier alpha value is -1.39. The van der Waals surface area contributed by atoms with Gasteiger partial charge < -0.3 is 11.1 Å². The number of pyridine rings is 1. The van der Waals surface area contributed by atoms with Gasteiger partial charge in [0.05, 0.1) is 0 Å². The lowest BCUT2D eigenvalue weighted by atomic mass is 9.98. The Morgan fingerprint density at radius 3 is 2.89 bits per heavy atom. The topological polar surface area (TPSA) is 54.2 Å². The van der Waals surface area contributed by atoms with Gasteiger partial charge in [-0.05, 0) is 19.4 Å². The van der Waals surface area contributed by atoms with Gasteiger partial charge in [-0.25, -0.2) is 4.98 Å². The first kappa shape index (κ1) is 13.1. The van der Waals surface area contributed by atoms with Crippen LogP contribution >= 0.6 is 0 Å². The summed E-state index contributed by atoms with van der Waals surface area (Å²) in [6.45, 7) is 10.3. The molecular weight excluding hydrogens is 224 g/mol. The third-order valence-electron chi connectivity index (χ3n) is 3.36. The maximum atomic E-state index is 6.02. The van der Waals surface area contributed by atoms with E-state index in [4.69, 9.17) is 5.73 Å².